The first-order valence-electron chi connectivity index (χ1n) is 9.05. The van der Waals surface area contributed by atoms with Gasteiger partial charge in [-0.3, -0.25) is 4.79 Å². The number of amides is 1. The van der Waals surface area contributed by atoms with Crippen molar-refractivity contribution in [1.82, 2.24) is 19.7 Å². The highest BCUT2D eigenvalue weighted by Crippen LogP contribution is 2.24. The summed E-state index contributed by atoms with van der Waals surface area (Å²) in [5, 5.41) is 11.8. The van der Waals surface area contributed by atoms with Crippen LogP contribution in [0.5, 0.6) is 5.75 Å². The van der Waals surface area contributed by atoms with Gasteiger partial charge in [0.1, 0.15) is 11.6 Å². The van der Waals surface area contributed by atoms with Gasteiger partial charge in [-0.05, 0) is 43.2 Å². The standard InChI is InChI=1S/C20H23N5O2S/c1-4-15-8-10-16(11-9-15)27-14(2)19-23-24-20(25(19)3)28-13-18(26)22-17-7-5-6-12-21-17/h5-12,14H,4,13H2,1-3H3,(H,21,22,26)/t14-/m0/s1. The number of aromatic nitrogens is 4. The Kier molecular flexibility index (Phi) is 6.65. The molecule has 7 nitrogen and oxygen atoms in total. The Morgan fingerprint density at radius 2 is 2.00 bits per heavy atom. The van der Waals surface area contributed by atoms with Crippen LogP contribution in [0.15, 0.2) is 53.8 Å². The maximum Gasteiger partial charge on any atom is 0.236 e. The van der Waals surface area contributed by atoms with E-state index in [0.29, 0.717) is 16.8 Å². The number of nitrogens with zero attached hydrogens (tertiary/aromatic N) is 4. The topological polar surface area (TPSA) is 81.9 Å². The Morgan fingerprint density at radius 1 is 1.21 bits per heavy atom. The van der Waals surface area contributed by atoms with E-state index in [1.807, 2.05) is 36.7 Å². The molecule has 3 rings (SSSR count). The highest BCUT2D eigenvalue weighted by atomic mass is 32.2. The second kappa shape index (κ2) is 9.36. The number of hydrogen-bond donors (Lipinski definition) is 1. The van der Waals surface area contributed by atoms with Crippen LogP contribution in [0.2, 0.25) is 0 Å². The van der Waals surface area contributed by atoms with Crippen molar-refractivity contribution in [3.05, 3.63) is 60.0 Å². The first kappa shape index (κ1) is 19.9. The van der Waals surface area contributed by atoms with Crippen LogP contribution in [-0.4, -0.2) is 31.4 Å². The molecule has 1 atom stereocenters. The van der Waals surface area contributed by atoms with Crippen molar-refractivity contribution in [3.8, 4) is 5.75 Å². The monoisotopic (exact) mass is 397 g/mol. The number of nitrogens with one attached hydrogen (secondary N) is 1. The van der Waals surface area contributed by atoms with Gasteiger partial charge in [0.2, 0.25) is 5.91 Å². The molecule has 0 fully saturated rings. The second-order valence-electron chi connectivity index (χ2n) is 6.21. The van der Waals surface area contributed by atoms with E-state index in [9.17, 15) is 4.79 Å². The van der Waals surface area contributed by atoms with E-state index in [1.165, 1.54) is 17.3 Å². The zero-order valence-corrected chi connectivity index (χ0v) is 16.9. The molecular weight excluding hydrogens is 374 g/mol. The van der Waals surface area contributed by atoms with Gasteiger partial charge in [-0.2, -0.15) is 0 Å². The summed E-state index contributed by atoms with van der Waals surface area (Å²) in [6, 6.07) is 13.4. The van der Waals surface area contributed by atoms with Crippen LogP contribution in [0.25, 0.3) is 0 Å². The smallest absolute Gasteiger partial charge is 0.236 e. The van der Waals surface area contributed by atoms with E-state index in [4.69, 9.17) is 4.74 Å². The van der Waals surface area contributed by atoms with Crippen LogP contribution in [0.3, 0.4) is 0 Å². The molecule has 0 saturated carbocycles. The van der Waals surface area contributed by atoms with Gasteiger partial charge in [0, 0.05) is 13.2 Å². The van der Waals surface area contributed by atoms with Gasteiger partial charge in [0.15, 0.2) is 17.1 Å². The van der Waals surface area contributed by atoms with E-state index >= 15 is 0 Å². The van der Waals surface area contributed by atoms with Crippen LogP contribution in [0, 0.1) is 0 Å². The maximum atomic E-state index is 12.1. The van der Waals surface area contributed by atoms with E-state index in [-0.39, 0.29) is 17.8 Å². The molecule has 0 spiro atoms. The third-order valence-corrected chi connectivity index (χ3v) is 5.16. The predicted molar refractivity (Wildman–Crippen MR) is 109 cm³/mol. The SMILES string of the molecule is CCc1ccc(O[C@@H](C)c2nnc(SCC(=O)Nc3ccccn3)n2C)cc1. The molecule has 1 aromatic carbocycles. The lowest BCUT2D eigenvalue weighted by molar-refractivity contribution is -0.113. The molecule has 2 heterocycles. The van der Waals surface area contributed by atoms with Gasteiger partial charge in [0.05, 0.1) is 5.75 Å². The van der Waals surface area contributed by atoms with Crippen molar-refractivity contribution in [3.63, 3.8) is 0 Å². The van der Waals surface area contributed by atoms with Gasteiger partial charge in [-0.25, -0.2) is 4.98 Å². The number of thioether (sulfide) groups is 1. The fourth-order valence-electron chi connectivity index (χ4n) is 2.61. The number of carbonyl (C=O) groups is 1. The summed E-state index contributed by atoms with van der Waals surface area (Å²) >= 11 is 1.32. The van der Waals surface area contributed by atoms with Crippen LogP contribution < -0.4 is 10.1 Å². The molecule has 28 heavy (non-hydrogen) atoms. The summed E-state index contributed by atoms with van der Waals surface area (Å²) < 4.78 is 7.83. The number of rotatable bonds is 8. The first-order chi connectivity index (χ1) is 13.6. The fourth-order valence-corrected chi connectivity index (χ4v) is 3.33. The minimum absolute atomic E-state index is 0.145. The third-order valence-electron chi connectivity index (χ3n) is 4.14. The molecule has 0 aliphatic rings. The maximum absolute atomic E-state index is 12.1. The van der Waals surface area contributed by atoms with E-state index in [1.54, 1.807) is 18.3 Å². The van der Waals surface area contributed by atoms with Crippen LogP contribution in [0.1, 0.15) is 31.3 Å². The van der Waals surface area contributed by atoms with Crippen molar-refractivity contribution in [2.75, 3.05) is 11.1 Å². The molecule has 0 aliphatic heterocycles. The van der Waals surface area contributed by atoms with Gasteiger partial charge in [-0.15, -0.1) is 10.2 Å². The molecule has 0 saturated heterocycles. The number of hydrogen-bond acceptors (Lipinski definition) is 6. The zero-order valence-electron chi connectivity index (χ0n) is 16.1. The summed E-state index contributed by atoms with van der Waals surface area (Å²) in [7, 11) is 1.87. The van der Waals surface area contributed by atoms with Crippen molar-refractivity contribution in [2.45, 2.75) is 31.5 Å². The highest BCUT2D eigenvalue weighted by molar-refractivity contribution is 7.99. The Labute approximate surface area is 168 Å². The van der Waals surface area contributed by atoms with E-state index in [2.05, 4.69) is 39.6 Å². The van der Waals surface area contributed by atoms with Crippen LogP contribution >= 0.6 is 11.8 Å². The Hall–Kier alpha value is -2.87. The molecule has 1 amide bonds. The van der Waals surface area contributed by atoms with E-state index < -0.39 is 0 Å². The lowest BCUT2D eigenvalue weighted by Gasteiger charge is -2.14. The number of ether oxygens (including phenoxy) is 1. The van der Waals surface area contributed by atoms with Crippen molar-refractivity contribution in [2.24, 2.45) is 7.05 Å². The predicted octanol–water partition coefficient (Wildman–Crippen LogP) is 3.64. The lowest BCUT2D eigenvalue weighted by Crippen LogP contribution is -2.15. The molecule has 0 bridgehead atoms. The van der Waals surface area contributed by atoms with Crippen molar-refractivity contribution in [1.29, 1.82) is 0 Å². The van der Waals surface area contributed by atoms with Gasteiger partial charge in [-0.1, -0.05) is 36.9 Å². The summed E-state index contributed by atoms with van der Waals surface area (Å²) in [5.74, 6) is 2.09. The molecule has 146 valence electrons. The summed E-state index contributed by atoms with van der Waals surface area (Å²) in [6.45, 7) is 4.05. The number of aryl methyl sites for hydroxylation is 1. The largest absolute Gasteiger partial charge is 0.483 e. The molecule has 3 aromatic rings. The minimum Gasteiger partial charge on any atom is -0.483 e. The van der Waals surface area contributed by atoms with E-state index in [0.717, 1.165) is 12.2 Å². The minimum atomic E-state index is -0.262. The second-order valence-corrected chi connectivity index (χ2v) is 7.15. The van der Waals surface area contributed by atoms with Crippen LogP contribution in [0.4, 0.5) is 5.82 Å². The van der Waals surface area contributed by atoms with Crippen molar-refractivity contribution < 1.29 is 9.53 Å². The zero-order chi connectivity index (χ0) is 19.9. The van der Waals surface area contributed by atoms with Crippen molar-refractivity contribution >= 4 is 23.5 Å². The normalized spacial score (nSPS) is 11.8. The number of pyridine rings is 1. The number of anilines is 1. The Bertz CT molecular complexity index is 912. The first-order valence-corrected chi connectivity index (χ1v) is 10.0. The molecule has 1 N–H and O–H groups in total. The summed E-state index contributed by atoms with van der Waals surface area (Å²) in [5.41, 5.74) is 1.27. The fraction of sp³-hybridized carbons (Fsp3) is 0.300. The Balaban J connectivity index is 1.57. The average molecular weight is 398 g/mol. The van der Waals surface area contributed by atoms with Gasteiger partial charge < -0.3 is 14.6 Å². The number of benzene rings is 1. The third kappa shape index (κ3) is 5.10. The highest BCUT2D eigenvalue weighted by Gasteiger charge is 2.18. The average Bonchev–Trinajstić information content (AvgIpc) is 3.08. The molecular formula is C20H23N5O2S. The lowest BCUT2D eigenvalue weighted by atomic mass is 10.2. The molecule has 2 aromatic heterocycles. The summed E-state index contributed by atoms with van der Waals surface area (Å²) in [4.78, 5) is 16.2. The van der Waals surface area contributed by atoms with Crippen LogP contribution in [-0.2, 0) is 18.3 Å². The van der Waals surface area contributed by atoms with Gasteiger partial charge >= 0.3 is 0 Å². The summed E-state index contributed by atoms with van der Waals surface area (Å²) in [6.07, 6.45) is 2.37. The molecule has 0 aliphatic carbocycles. The Morgan fingerprint density at radius 3 is 2.68 bits per heavy atom. The quantitative estimate of drug-likeness (QED) is 0.585. The van der Waals surface area contributed by atoms with Gasteiger partial charge in [0.25, 0.3) is 0 Å². The molecule has 0 radical (unpaired) electrons. The number of carbonyl (C=O) groups excluding carboxylic acids is 1. The molecule has 8 heteroatoms. The molecule has 0 unspecified atom stereocenters.